The van der Waals surface area contributed by atoms with Crippen LogP contribution in [0.3, 0.4) is 0 Å². The van der Waals surface area contributed by atoms with Crippen LogP contribution in [0.1, 0.15) is 12.8 Å². The molecule has 6 nitrogen and oxygen atoms in total. The summed E-state index contributed by atoms with van der Waals surface area (Å²) in [6.07, 6.45) is 2.18. The lowest BCUT2D eigenvalue weighted by atomic mass is 10.2. The van der Waals surface area contributed by atoms with Crippen molar-refractivity contribution < 1.29 is 19.0 Å². The molecule has 0 unspecified atom stereocenters. The molecule has 2 N–H and O–H groups in total. The van der Waals surface area contributed by atoms with Crippen LogP contribution < -0.4 is 20.1 Å². The van der Waals surface area contributed by atoms with E-state index in [2.05, 4.69) is 10.6 Å². The molecule has 0 bridgehead atoms. The van der Waals surface area contributed by atoms with E-state index in [1.807, 2.05) is 0 Å². The second kappa shape index (κ2) is 7.00. The molecule has 1 atom stereocenters. The number of carbonyl (C=O) groups is 1. The van der Waals surface area contributed by atoms with Gasteiger partial charge < -0.3 is 24.8 Å². The summed E-state index contributed by atoms with van der Waals surface area (Å²) in [6.45, 7) is 1.30. The Labute approximate surface area is 118 Å². The minimum absolute atomic E-state index is 0.126. The van der Waals surface area contributed by atoms with Crippen LogP contribution in [0.15, 0.2) is 18.2 Å². The first-order valence-electron chi connectivity index (χ1n) is 6.61. The van der Waals surface area contributed by atoms with Gasteiger partial charge in [0.05, 0.1) is 20.3 Å². The summed E-state index contributed by atoms with van der Waals surface area (Å²) < 4.78 is 15.7. The zero-order chi connectivity index (χ0) is 14.4. The number of amides is 2. The van der Waals surface area contributed by atoms with Crippen LogP contribution in [-0.4, -0.2) is 39.5 Å². The molecular weight excluding hydrogens is 260 g/mol. The average Bonchev–Trinajstić information content (AvgIpc) is 2.98. The minimum atomic E-state index is -0.268. The largest absolute Gasteiger partial charge is 0.497 e. The Morgan fingerprint density at radius 2 is 2.00 bits per heavy atom. The van der Waals surface area contributed by atoms with Crippen LogP contribution >= 0.6 is 0 Å². The van der Waals surface area contributed by atoms with Gasteiger partial charge in [-0.25, -0.2) is 4.79 Å². The van der Waals surface area contributed by atoms with E-state index >= 15 is 0 Å². The third-order valence-electron chi connectivity index (χ3n) is 3.12. The predicted octanol–water partition coefficient (Wildman–Crippen LogP) is 2.00. The fraction of sp³-hybridized carbons (Fsp3) is 0.500. The first kappa shape index (κ1) is 14.5. The van der Waals surface area contributed by atoms with Gasteiger partial charge in [-0.15, -0.1) is 0 Å². The van der Waals surface area contributed by atoms with Gasteiger partial charge >= 0.3 is 6.03 Å². The fourth-order valence-corrected chi connectivity index (χ4v) is 2.07. The van der Waals surface area contributed by atoms with Crippen molar-refractivity contribution in [2.24, 2.45) is 0 Å². The average molecular weight is 280 g/mol. The van der Waals surface area contributed by atoms with Crippen molar-refractivity contribution in [3.63, 3.8) is 0 Å². The lowest BCUT2D eigenvalue weighted by molar-refractivity contribution is 0.112. The summed E-state index contributed by atoms with van der Waals surface area (Å²) in [5.74, 6) is 1.25. The van der Waals surface area contributed by atoms with Gasteiger partial charge in [0.2, 0.25) is 0 Å². The molecule has 1 heterocycles. The Morgan fingerprint density at radius 3 is 2.55 bits per heavy atom. The predicted molar refractivity (Wildman–Crippen MR) is 75.5 cm³/mol. The highest BCUT2D eigenvalue weighted by Crippen LogP contribution is 2.25. The summed E-state index contributed by atoms with van der Waals surface area (Å²) in [5.41, 5.74) is 0.617. The molecule has 1 aromatic rings. The second-order valence-electron chi connectivity index (χ2n) is 4.57. The molecule has 2 amide bonds. The Hall–Kier alpha value is -1.95. The van der Waals surface area contributed by atoms with Gasteiger partial charge in [0.25, 0.3) is 0 Å². The quantitative estimate of drug-likeness (QED) is 0.865. The number of ether oxygens (including phenoxy) is 3. The topological polar surface area (TPSA) is 68.8 Å². The molecule has 2 rings (SSSR count). The van der Waals surface area contributed by atoms with Crippen LogP contribution in [0.2, 0.25) is 0 Å². The van der Waals surface area contributed by atoms with Gasteiger partial charge in [-0.2, -0.15) is 0 Å². The van der Waals surface area contributed by atoms with E-state index in [4.69, 9.17) is 14.2 Å². The number of benzene rings is 1. The molecule has 1 aliphatic rings. The number of hydrogen-bond donors (Lipinski definition) is 2. The molecule has 0 spiro atoms. The van der Waals surface area contributed by atoms with Gasteiger partial charge in [0, 0.05) is 37.0 Å². The molecule has 1 saturated heterocycles. The van der Waals surface area contributed by atoms with Gasteiger partial charge in [0.15, 0.2) is 0 Å². The first-order valence-corrected chi connectivity index (χ1v) is 6.61. The van der Waals surface area contributed by atoms with E-state index in [9.17, 15) is 4.79 Å². The normalized spacial score (nSPS) is 17.6. The molecule has 110 valence electrons. The number of carbonyl (C=O) groups excluding carboxylic acids is 1. The number of rotatable bonds is 5. The van der Waals surface area contributed by atoms with E-state index in [0.717, 1.165) is 19.4 Å². The molecule has 0 aliphatic carbocycles. The third-order valence-corrected chi connectivity index (χ3v) is 3.12. The third kappa shape index (κ3) is 4.03. The Kier molecular flexibility index (Phi) is 5.06. The van der Waals surface area contributed by atoms with Gasteiger partial charge in [0.1, 0.15) is 11.5 Å². The molecule has 1 fully saturated rings. The van der Waals surface area contributed by atoms with Crippen molar-refractivity contribution in [3.8, 4) is 11.5 Å². The summed E-state index contributed by atoms with van der Waals surface area (Å²) in [7, 11) is 3.13. The van der Waals surface area contributed by atoms with Crippen molar-refractivity contribution in [3.05, 3.63) is 18.2 Å². The number of anilines is 1. The van der Waals surface area contributed by atoms with Crippen molar-refractivity contribution in [1.82, 2.24) is 5.32 Å². The van der Waals surface area contributed by atoms with E-state index in [0.29, 0.717) is 23.7 Å². The van der Waals surface area contributed by atoms with Gasteiger partial charge in [-0.05, 0) is 12.8 Å². The van der Waals surface area contributed by atoms with Crippen LogP contribution in [0.4, 0.5) is 10.5 Å². The molecule has 6 heteroatoms. The highest BCUT2D eigenvalue weighted by molar-refractivity contribution is 5.89. The van der Waals surface area contributed by atoms with Crippen molar-refractivity contribution in [2.45, 2.75) is 18.9 Å². The van der Waals surface area contributed by atoms with Gasteiger partial charge in [-0.3, -0.25) is 0 Å². The maximum atomic E-state index is 11.8. The summed E-state index contributed by atoms with van der Waals surface area (Å²) in [5, 5.41) is 5.54. The highest BCUT2D eigenvalue weighted by atomic mass is 16.5. The maximum Gasteiger partial charge on any atom is 0.319 e. The van der Waals surface area contributed by atoms with E-state index < -0.39 is 0 Å². The van der Waals surface area contributed by atoms with E-state index in [-0.39, 0.29) is 12.1 Å². The van der Waals surface area contributed by atoms with Crippen LogP contribution in [0.25, 0.3) is 0 Å². The Balaban J connectivity index is 1.89. The fourth-order valence-electron chi connectivity index (χ4n) is 2.07. The molecule has 1 aromatic carbocycles. The van der Waals surface area contributed by atoms with E-state index in [1.54, 1.807) is 32.4 Å². The van der Waals surface area contributed by atoms with Crippen molar-refractivity contribution in [1.29, 1.82) is 0 Å². The number of urea groups is 1. The molecule has 20 heavy (non-hydrogen) atoms. The van der Waals surface area contributed by atoms with Crippen molar-refractivity contribution >= 4 is 11.7 Å². The summed E-state index contributed by atoms with van der Waals surface area (Å²) in [4.78, 5) is 11.8. The van der Waals surface area contributed by atoms with Crippen LogP contribution in [-0.2, 0) is 4.74 Å². The Bertz CT molecular complexity index is 436. The SMILES string of the molecule is COc1cc(NC(=O)NC[C@H]2CCCO2)cc(OC)c1. The molecule has 0 saturated carbocycles. The minimum Gasteiger partial charge on any atom is -0.497 e. The Morgan fingerprint density at radius 1 is 1.30 bits per heavy atom. The molecule has 1 aliphatic heterocycles. The van der Waals surface area contributed by atoms with Gasteiger partial charge in [-0.1, -0.05) is 0 Å². The first-order chi connectivity index (χ1) is 9.71. The number of methoxy groups -OCH3 is 2. The van der Waals surface area contributed by atoms with E-state index in [1.165, 1.54) is 0 Å². The number of hydrogen-bond acceptors (Lipinski definition) is 4. The molecule has 0 radical (unpaired) electrons. The zero-order valence-corrected chi connectivity index (χ0v) is 11.8. The molecule has 0 aromatic heterocycles. The highest BCUT2D eigenvalue weighted by Gasteiger charge is 2.16. The smallest absolute Gasteiger partial charge is 0.319 e. The lowest BCUT2D eigenvalue weighted by Gasteiger charge is -2.13. The lowest BCUT2D eigenvalue weighted by Crippen LogP contribution is -2.35. The molecular formula is C14H20N2O4. The zero-order valence-electron chi connectivity index (χ0n) is 11.8. The standard InChI is InChI=1S/C14H20N2O4/c1-18-12-6-10(7-13(8-12)19-2)16-14(17)15-9-11-4-3-5-20-11/h6-8,11H,3-5,9H2,1-2H3,(H2,15,16,17)/t11-/m1/s1. The van der Waals surface area contributed by atoms with Crippen LogP contribution in [0, 0.1) is 0 Å². The second-order valence-corrected chi connectivity index (χ2v) is 4.57. The van der Waals surface area contributed by atoms with Crippen molar-refractivity contribution in [2.75, 3.05) is 32.7 Å². The summed E-state index contributed by atoms with van der Waals surface area (Å²) >= 11 is 0. The summed E-state index contributed by atoms with van der Waals surface area (Å²) in [6, 6.07) is 4.94. The monoisotopic (exact) mass is 280 g/mol. The number of nitrogens with one attached hydrogen (secondary N) is 2. The maximum absolute atomic E-state index is 11.8. The van der Waals surface area contributed by atoms with Crippen LogP contribution in [0.5, 0.6) is 11.5 Å².